The number of esters is 1. The van der Waals surface area contributed by atoms with E-state index in [0.29, 0.717) is 11.3 Å². The Balaban J connectivity index is 2.55. The van der Waals surface area contributed by atoms with Crippen molar-refractivity contribution in [2.24, 2.45) is 0 Å². The van der Waals surface area contributed by atoms with E-state index in [1.54, 1.807) is 6.07 Å². The minimum Gasteiger partial charge on any atom is -0.494 e. The number of pyridine rings is 1. The monoisotopic (exact) mass is 238 g/mol. The van der Waals surface area contributed by atoms with Crippen LogP contribution >= 0.6 is 0 Å². The molecule has 0 unspecified atom stereocenters. The number of nitrogens with zero attached hydrogens (tertiary/aromatic N) is 1. The number of ether oxygens (including phenoxy) is 2. The van der Waals surface area contributed by atoms with Gasteiger partial charge in [-0.05, 0) is 6.07 Å². The zero-order valence-corrected chi connectivity index (χ0v) is 9.73. The first-order valence-electron chi connectivity index (χ1n) is 5.02. The molecule has 17 heavy (non-hydrogen) atoms. The van der Waals surface area contributed by atoms with Gasteiger partial charge in [-0.2, -0.15) is 0 Å². The van der Waals surface area contributed by atoms with E-state index in [0.717, 1.165) is 0 Å². The number of hydrogen-bond acceptors (Lipinski definition) is 5. The molecule has 0 spiro atoms. The molecule has 6 heteroatoms. The third-order valence-electron chi connectivity index (χ3n) is 2.09. The van der Waals surface area contributed by atoms with Gasteiger partial charge in [0, 0.05) is 12.7 Å². The molecule has 0 aliphatic carbocycles. The molecule has 0 bridgehead atoms. The van der Waals surface area contributed by atoms with Crippen molar-refractivity contribution >= 4 is 11.9 Å². The maximum absolute atomic E-state index is 11.7. The predicted molar refractivity (Wildman–Crippen MR) is 59.8 cm³/mol. The van der Waals surface area contributed by atoms with Crippen LogP contribution in [0.5, 0.6) is 5.75 Å². The van der Waals surface area contributed by atoms with Crippen LogP contribution in [-0.4, -0.2) is 37.6 Å². The van der Waals surface area contributed by atoms with Crippen LogP contribution in [-0.2, 0) is 9.53 Å². The highest BCUT2D eigenvalue weighted by atomic mass is 16.5. The number of hydrogen-bond donors (Lipinski definition) is 1. The summed E-state index contributed by atoms with van der Waals surface area (Å²) in [6.45, 7) is 0.219. The number of amides is 1. The van der Waals surface area contributed by atoms with Crippen LogP contribution < -0.4 is 10.1 Å². The molecule has 1 aromatic heterocycles. The molecular formula is C11H14N2O4. The van der Waals surface area contributed by atoms with E-state index in [1.165, 1.54) is 26.6 Å². The highest BCUT2D eigenvalue weighted by Crippen LogP contribution is 2.14. The molecule has 0 aliphatic heterocycles. The van der Waals surface area contributed by atoms with E-state index in [4.69, 9.17) is 4.74 Å². The summed E-state index contributed by atoms with van der Waals surface area (Å²) in [5, 5.41) is 2.59. The van der Waals surface area contributed by atoms with Gasteiger partial charge in [0.15, 0.2) is 0 Å². The van der Waals surface area contributed by atoms with E-state index >= 15 is 0 Å². The maximum atomic E-state index is 11.7. The van der Waals surface area contributed by atoms with Crippen molar-refractivity contribution in [1.29, 1.82) is 0 Å². The molecule has 6 nitrogen and oxygen atoms in total. The third kappa shape index (κ3) is 3.75. The van der Waals surface area contributed by atoms with E-state index in [-0.39, 0.29) is 24.8 Å². The molecule has 1 heterocycles. The lowest BCUT2D eigenvalue weighted by molar-refractivity contribution is -0.140. The van der Waals surface area contributed by atoms with Crippen molar-refractivity contribution in [2.45, 2.75) is 6.42 Å². The normalized spacial score (nSPS) is 9.53. The zero-order valence-electron chi connectivity index (χ0n) is 9.73. The highest BCUT2D eigenvalue weighted by Gasteiger charge is 2.11. The number of methoxy groups -OCH3 is 2. The molecule has 1 rings (SSSR count). The van der Waals surface area contributed by atoms with Crippen LogP contribution in [0.25, 0.3) is 0 Å². The molecular weight excluding hydrogens is 224 g/mol. The first-order chi connectivity index (χ1) is 8.19. The highest BCUT2D eigenvalue weighted by molar-refractivity contribution is 5.96. The summed E-state index contributed by atoms with van der Waals surface area (Å²) in [6.07, 6.45) is 3.09. The summed E-state index contributed by atoms with van der Waals surface area (Å²) in [5.41, 5.74) is 0.382. The first kappa shape index (κ1) is 13.0. The van der Waals surface area contributed by atoms with Crippen molar-refractivity contribution in [2.75, 3.05) is 20.8 Å². The Morgan fingerprint density at radius 1 is 1.41 bits per heavy atom. The second kappa shape index (κ2) is 6.47. The number of nitrogens with one attached hydrogen (secondary N) is 1. The second-order valence-electron chi connectivity index (χ2n) is 3.16. The minimum absolute atomic E-state index is 0.135. The van der Waals surface area contributed by atoms with Gasteiger partial charge in [-0.1, -0.05) is 0 Å². The van der Waals surface area contributed by atoms with Crippen molar-refractivity contribution in [3.63, 3.8) is 0 Å². The number of rotatable bonds is 5. The standard InChI is InChI=1S/C11H14N2O4/c1-16-9-7-12-5-3-8(9)11(15)13-6-4-10(14)17-2/h3,5,7H,4,6H2,1-2H3,(H,13,15). The molecule has 0 aromatic carbocycles. The maximum Gasteiger partial charge on any atom is 0.307 e. The molecule has 0 radical (unpaired) electrons. The van der Waals surface area contributed by atoms with Crippen molar-refractivity contribution in [1.82, 2.24) is 10.3 Å². The molecule has 1 aromatic rings. The molecule has 1 amide bonds. The SMILES string of the molecule is COC(=O)CCNC(=O)c1ccncc1OC. The Bertz CT molecular complexity index is 406. The predicted octanol–water partition coefficient (Wildman–Crippen LogP) is 0.383. The van der Waals surface area contributed by atoms with Gasteiger partial charge in [0.25, 0.3) is 5.91 Å². The van der Waals surface area contributed by atoms with Gasteiger partial charge in [-0.15, -0.1) is 0 Å². The van der Waals surface area contributed by atoms with Crippen LogP contribution in [0.4, 0.5) is 0 Å². The smallest absolute Gasteiger partial charge is 0.307 e. The van der Waals surface area contributed by atoms with Gasteiger partial charge in [-0.25, -0.2) is 0 Å². The van der Waals surface area contributed by atoms with Gasteiger partial charge in [-0.3, -0.25) is 14.6 Å². The molecule has 0 fully saturated rings. The molecule has 1 N–H and O–H groups in total. The van der Waals surface area contributed by atoms with Crippen molar-refractivity contribution in [3.05, 3.63) is 24.0 Å². The average molecular weight is 238 g/mol. The summed E-state index contributed by atoms with van der Waals surface area (Å²) < 4.78 is 9.46. The Kier molecular flexibility index (Phi) is 4.93. The van der Waals surface area contributed by atoms with E-state index in [9.17, 15) is 9.59 Å². The second-order valence-corrected chi connectivity index (χ2v) is 3.16. The van der Waals surface area contributed by atoms with E-state index in [2.05, 4.69) is 15.0 Å². The van der Waals surface area contributed by atoms with Gasteiger partial charge in [0.1, 0.15) is 5.75 Å². The molecule has 0 saturated heterocycles. The number of carbonyl (C=O) groups is 2. The lowest BCUT2D eigenvalue weighted by Gasteiger charge is -2.07. The lowest BCUT2D eigenvalue weighted by Crippen LogP contribution is -2.26. The summed E-state index contributed by atoms with van der Waals surface area (Å²) in [5.74, 6) is -0.289. The topological polar surface area (TPSA) is 77.5 Å². The van der Waals surface area contributed by atoms with Crippen LogP contribution in [0.15, 0.2) is 18.5 Å². The summed E-state index contributed by atoms with van der Waals surface area (Å²) in [7, 11) is 2.76. The minimum atomic E-state index is -0.369. The fourth-order valence-electron chi connectivity index (χ4n) is 1.21. The van der Waals surface area contributed by atoms with E-state index in [1.807, 2.05) is 0 Å². The Morgan fingerprint density at radius 3 is 2.82 bits per heavy atom. The Labute approximate surface area is 98.9 Å². The zero-order chi connectivity index (χ0) is 12.7. The van der Waals surface area contributed by atoms with Crippen molar-refractivity contribution < 1.29 is 19.1 Å². The van der Waals surface area contributed by atoms with Gasteiger partial charge in [0.2, 0.25) is 0 Å². The van der Waals surface area contributed by atoms with Crippen LogP contribution in [0.1, 0.15) is 16.8 Å². The van der Waals surface area contributed by atoms with Gasteiger partial charge in [0.05, 0.1) is 32.4 Å². The fourth-order valence-corrected chi connectivity index (χ4v) is 1.21. The lowest BCUT2D eigenvalue weighted by atomic mass is 10.2. The van der Waals surface area contributed by atoms with Gasteiger partial charge >= 0.3 is 5.97 Å². The molecule has 92 valence electrons. The van der Waals surface area contributed by atoms with Crippen LogP contribution in [0.2, 0.25) is 0 Å². The molecule has 0 saturated carbocycles. The van der Waals surface area contributed by atoms with Gasteiger partial charge < -0.3 is 14.8 Å². The fraction of sp³-hybridized carbons (Fsp3) is 0.364. The first-order valence-corrected chi connectivity index (χ1v) is 5.02. The number of carbonyl (C=O) groups excluding carboxylic acids is 2. The third-order valence-corrected chi connectivity index (χ3v) is 2.09. The quantitative estimate of drug-likeness (QED) is 0.750. The average Bonchev–Trinajstić information content (AvgIpc) is 2.38. The van der Waals surface area contributed by atoms with Crippen LogP contribution in [0.3, 0.4) is 0 Å². The largest absolute Gasteiger partial charge is 0.494 e. The summed E-state index contributed by atoms with van der Waals surface area (Å²) >= 11 is 0. The Hall–Kier alpha value is -2.11. The summed E-state index contributed by atoms with van der Waals surface area (Å²) in [4.78, 5) is 26.4. The number of aromatic nitrogens is 1. The molecule has 0 aliphatic rings. The van der Waals surface area contributed by atoms with Crippen molar-refractivity contribution in [3.8, 4) is 5.75 Å². The summed E-state index contributed by atoms with van der Waals surface area (Å²) in [6, 6.07) is 1.55. The van der Waals surface area contributed by atoms with Crippen LogP contribution in [0, 0.1) is 0 Å². The van der Waals surface area contributed by atoms with E-state index < -0.39 is 0 Å². The molecule has 0 atom stereocenters. The Morgan fingerprint density at radius 2 is 2.18 bits per heavy atom.